The number of rotatable bonds is 4. The maximum absolute atomic E-state index is 12.2. The molecule has 0 bridgehead atoms. The molecule has 4 nitrogen and oxygen atoms in total. The van der Waals surface area contributed by atoms with Gasteiger partial charge in [-0.25, -0.2) is 0 Å². The number of aliphatic hydroxyl groups excluding tert-OH is 1. The second kappa shape index (κ2) is 5.16. The van der Waals surface area contributed by atoms with Gasteiger partial charge in [-0.05, 0) is 30.9 Å². The number of hydrogen-bond donors (Lipinski definition) is 2. The van der Waals surface area contributed by atoms with Gasteiger partial charge in [-0.15, -0.1) is 0 Å². The normalized spacial score (nSPS) is 31.4. The third kappa shape index (κ3) is 3.14. The predicted molar refractivity (Wildman–Crippen MR) is 68.1 cm³/mol. The number of morpholine rings is 1. The van der Waals surface area contributed by atoms with Crippen LogP contribution in [0.25, 0.3) is 0 Å². The van der Waals surface area contributed by atoms with Gasteiger partial charge in [0, 0.05) is 19.5 Å². The van der Waals surface area contributed by atoms with E-state index in [4.69, 9.17) is 9.84 Å². The van der Waals surface area contributed by atoms with Crippen molar-refractivity contribution >= 4 is 18.5 Å². The van der Waals surface area contributed by atoms with Gasteiger partial charge < -0.3 is 14.7 Å². The minimum atomic E-state index is -0.228. The Labute approximate surface area is 108 Å². The van der Waals surface area contributed by atoms with Crippen LogP contribution in [0.5, 0.6) is 0 Å². The number of nitrogens with zero attached hydrogens (tertiary/aromatic N) is 1. The van der Waals surface area contributed by atoms with Gasteiger partial charge in [0.05, 0.1) is 18.8 Å². The Morgan fingerprint density at radius 2 is 2.24 bits per heavy atom. The number of thiol groups is 1. The van der Waals surface area contributed by atoms with Crippen molar-refractivity contribution in [1.29, 1.82) is 0 Å². The van der Waals surface area contributed by atoms with Gasteiger partial charge >= 0.3 is 0 Å². The lowest BCUT2D eigenvalue weighted by Crippen LogP contribution is -2.50. The zero-order chi connectivity index (χ0) is 12.5. The Balaban J connectivity index is 1.90. The molecule has 1 saturated carbocycles. The number of hydrogen-bond acceptors (Lipinski definition) is 4. The molecule has 1 N–H and O–H groups in total. The molecule has 1 aliphatic heterocycles. The molecule has 0 spiro atoms. The number of carbonyl (C=O) groups excluding carboxylic acids is 1. The first-order valence-corrected chi connectivity index (χ1v) is 6.87. The van der Waals surface area contributed by atoms with Crippen molar-refractivity contribution in [3.05, 3.63) is 0 Å². The van der Waals surface area contributed by atoms with Crippen LogP contribution in [0.3, 0.4) is 0 Å². The monoisotopic (exact) mass is 259 g/mol. The van der Waals surface area contributed by atoms with E-state index in [1.54, 1.807) is 0 Å². The van der Waals surface area contributed by atoms with Crippen molar-refractivity contribution in [2.24, 2.45) is 5.41 Å². The summed E-state index contributed by atoms with van der Waals surface area (Å²) in [5.41, 5.74) is 0.163. The summed E-state index contributed by atoms with van der Waals surface area (Å²) in [6, 6.07) is 0. The fourth-order valence-corrected chi connectivity index (χ4v) is 2.78. The lowest BCUT2D eigenvalue weighted by atomic mass is 10.0. The van der Waals surface area contributed by atoms with E-state index in [2.05, 4.69) is 12.6 Å². The molecule has 2 fully saturated rings. The highest BCUT2D eigenvalue weighted by Crippen LogP contribution is 2.49. The molecule has 1 saturated heterocycles. The van der Waals surface area contributed by atoms with Crippen molar-refractivity contribution < 1.29 is 14.6 Å². The first-order valence-electron chi connectivity index (χ1n) is 6.23. The molecule has 1 aliphatic carbocycles. The quantitative estimate of drug-likeness (QED) is 0.731. The molecule has 0 radical (unpaired) electrons. The van der Waals surface area contributed by atoms with E-state index < -0.39 is 0 Å². The lowest BCUT2D eigenvalue weighted by Gasteiger charge is -2.36. The molecular formula is C12H21NO3S. The van der Waals surface area contributed by atoms with Crippen molar-refractivity contribution in [3.8, 4) is 0 Å². The van der Waals surface area contributed by atoms with Gasteiger partial charge in [-0.3, -0.25) is 4.79 Å². The molecule has 0 aromatic carbocycles. The third-order valence-corrected chi connectivity index (χ3v) is 4.37. The van der Waals surface area contributed by atoms with Crippen molar-refractivity contribution in [1.82, 2.24) is 4.90 Å². The summed E-state index contributed by atoms with van der Waals surface area (Å²) >= 11 is 4.32. The molecule has 5 heteroatoms. The van der Waals surface area contributed by atoms with E-state index in [0.717, 1.165) is 18.6 Å². The summed E-state index contributed by atoms with van der Waals surface area (Å²) in [6.07, 6.45) is 2.61. The molecule has 1 heterocycles. The maximum Gasteiger partial charge on any atom is 0.223 e. The number of aliphatic hydroxyl groups is 1. The van der Waals surface area contributed by atoms with Gasteiger partial charge in [0.2, 0.25) is 5.91 Å². The second-order valence-corrected chi connectivity index (χ2v) is 5.70. The van der Waals surface area contributed by atoms with Gasteiger partial charge in [0.1, 0.15) is 0 Å². The van der Waals surface area contributed by atoms with E-state index in [0.29, 0.717) is 19.5 Å². The Kier molecular flexibility index (Phi) is 4.00. The van der Waals surface area contributed by atoms with E-state index in [-0.39, 0.29) is 30.1 Å². The smallest absolute Gasteiger partial charge is 0.223 e. The average Bonchev–Trinajstić information content (AvgIpc) is 3.08. The van der Waals surface area contributed by atoms with Crippen molar-refractivity contribution in [2.45, 2.75) is 38.4 Å². The van der Waals surface area contributed by atoms with Crippen LogP contribution >= 0.6 is 12.6 Å². The summed E-state index contributed by atoms with van der Waals surface area (Å²) in [7, 11) is 0. The van der Waals surface area contributed by atoms with Crippen LogP contribution in [0.4, 0.5) is 0 Å². The van der Waals surface area contributed by atoms with Crippen LogP contribution in [0.1, 0.15) is 26.2 Å². The van der Waals surface area contributed by atoms with Gasteiger partial charge in [-0.1, -0.05) is 0 Å². The molecule has 2 rings (SSSR count). The lowest BCUT2D eigenvalue weighted by molar-refractivity contribution is -0.148. The maximum atomic E-state index is 12.2. The SMILES string of the molecule is CC1CN(C(=O)CC2(CS)CC2)CC(CO)O1. The summed E-state index contributed by atoms with van der Waals surface area (Å²) in [5, 5.41) is 9.12. The molecule has 1 amide bonds. The molecule has 2 atom stereocenters. The van der Waals surface area contributed by atoms with Gasteiger partial charge in [-0.2, -0.15) is 12.6 Å². The molecule has 2 aliphatic rings. The van der Waals surface area contributed by atoms with Crippen LogP contribution < -0.4 is 0 Å². The molecule has 17 heavy (non-hydrogen) atoms. The Hall–Kier alpha value is -0.260. The van der Waals surface area contributed by atoms with Crippen LogP contribution in [-0.2, 0) is 9.53 Å². The average molecular weight is 259 g/mol. The van der Waals surface area contributed by atoms with E-state index in [1.165, 1.54) is 0 Å². The predicted octanol–water partition coefficient (Wildman–Crippen LogP) is 0.695. The highest BCUT2D eigenvalue weighted by Gasteiger charge is 2.44. The number of carbonyl (C=O) groups is 1. The van der Waals surface area contributed by atoms with Crippen LogP contribution in [-0.4, -0.2) is 53.6 Å². The van der Waals surface area contributed by atoms with Crippen LogP contribution in [0.2, 0.25) is 0 Å². The van der Waals surface area contributed by atoms with Crippen LogP contribution in [0.15, 0.2) is 0 Å². The first kappa shape index (κ1) is 13.2. The molecule has 0 aromatic heterocycles. The van der Waals surface area contributed by atoms with Gasteiger partial charge in [0.15, 0.2) is 0 Å². The Morgan fingerprint density at radius 1 is 1.53 bits per heavy atom. The zero-order valence-corrected chi connectivity index (χ0v) is 11.2. The number of amides is 1. The fraction of sp³-hybridized carbons (Fsp3) is 0.917. The standard InChI is InChI=1S/C12H21NO3S/c1-9-5-13(6-10(7-14)16-9)11(15)4-12(8-17)2-3-12/h9-10,14,17H,2-8H2,1H3. The Bertz CT molecular complexity index is 293. The fourth-order valence-electron chi connectivity index (χ4n) is 2.35. The van der Waals surface area contributed by atoms with E-state index >= 15 is 0 Å². The summed E-state index contributed by atoms with van der Waals surface area (Å²) < 4.78 is 5.53. The summed E-state index contributed by atoms with van der Waals surface area (Å²) in [4.78, 5) is 14.0. The topological polar surface area (TPSA) is 49.8 Å². The summed E-state index contributed by atoms with van der Waals surface area (Å²) in [5.74, 6) is 0.979. The molecular weight excluding hydrogens is 238 g/mol. The largest absolute Gasteiger partial charge is 0.394 e. The van der Waals surface area contributed by atoms with Crippen molar-refractivity contribution in [2.75, 3.05) is 25.4 Å². The number of ether oxygens (including phenoxy) is 1. The van der Waals surface area contributed by atoms with Crippen LogP contribution in [0, 0.1) is 5.41 Å². The summed E-state index contributed by atoms with van der Waals surface area (Å²) in [6.45, 7) is 3.07. The molecule has 2 unspecified atom stereocenters. The Morgan fingerprint density at radius 3 is 2.76 bits per heavy atom. The highest BCUT2D eigenvalue weighted by molar-refractivity contribution is 7.80. The minimum Gasteiger partial charge on any atom is -0.394 e. The molecule has 0 aromatic rings. The minimum absolute atomic E-state index is 0.0102. The highest BCUT2D eigenvalue weighted by atomic mass is 32.1. The zero-order valence-electron chi connectivity index (χ0n) is 10.3. The van der Waals surface area contributed by atoms with E-state index in [1.807, 2.05) is 11.8 Å². The van der Waals surface area contributed by atoms with E-state index in [9.17, 15) is 4.79 Å². The second-order valence-electron chi connectivity index (χ2n) is 5.38. The van der Waals surface area contributed by atoms with Gasteiger partial charge in [0.25, 0.3) is 0 Å². The van der Waals surface area contributed by atoms with Crippen molar-refractivity contribution in [3.63, 3.8) is 0 Å². The molecule has 98 valence electrons. The third-order valence-electron chi connectivity index (χ3n) is 3.70. The first-order chi connectivity index (χ1) is 8.08.